The minimum Gasteiger partial charge on any atom is -0.350 e. The summed E-state index contributed by atoms with van der Waals surface area (Å²) in [4.78, 5) is 22.6. The number of fused-ring (bicyclic) bond motifs is 1. The van der Waals surface area contributed by atoms with Crippen molar-refractivity contribution in [2.24, 2.45) is 5.92 Å². The topological polar surface area (TPSA) is 113 Å². The highest BCUT2D eigenvalue weighted by Gasteiger charge is 2.19. The monoisotopic (exact) mass is 303 g/mol. The maximum atomic E-state index is 12.3. The van der Waals surface area contributed by atoms with Crippen LogP contribution in [0.4, 0.5) is 5.69 Å². The first-order valence-electron chi connectivity index (χ1n) is 7.26. The summed E-state index contributed by atoms with van der Waals surface area (Å²) >= 11 is 0. The number of carbonyl (C=O) groups is 1. The molecule has 1 aromatic heterocycles. The number of hydrogen-bond donors (Lipinski definition) is 3. The van der Waals surface area contributed by atoms with Gasteiger partial charge in [-0.05, 0) is 37.9 Å². The zero-order valence-electron chi connectivity index (χ0n) is 12.0. The molecule has 3 rings (SSSR count). The molecule has 3 N–H and O–H groups in total. The Morgan fingerprint density at radius 3 is 3.09 bits per heavy atom. The van der Waals surface area contributed by atoms with Gasteiger partial charge in [0, 0.05) is 24.1 Å². The second kappa shape index (κ2) is 6.10. The minimum atomic E-state index is -0.484. The fraction of sp³-hybridized carbons (Fsp3) is 0.429. The third-order valence-electron chi connectivity index (χ3n) is 3.92. The summed E-state index contributed by atoms with van der Waals surface area (Å²) in [5.74, 6) is 0.106. The predicted molar refractivity (Wildman–Crippen MR) is 80.7 cm³/mol. The van der Waals surface area contributed by atoms with Crippen molar-refractivity contribution in [1.29, 1.82) is 0 Å². The lowest BCUT2D eigenvalue weighted by Gasteiger charge is -2.22. The van der Waals surface area contributed by atoms with Crippen LogP contribution in [0.3, 0.4) is 0 Å². The fourth-order valence-corrected chi connectivity index (χ4v) is 2.71. The smallest absolute Gasteiger partial charge is 0.272 e. The van der Waals surface area contributed by atoms with Crippen molar-refractivity contribution in [3.05, 3.63) is 34.0 Å². The maximum absolute atomic E-state index is 12.3. The molecule has 0 radical (unpaired) electrons. The number of rotatable bonds is 4. The SMILES string of the molecule is O=C(NCC1CCCNC1)c1n[nH]c2ccc([N+](=O)[O-])cc12. The largest absolute Gasteiger partial charge is 0.350 e. The highest BCUT2D eigenvalue weighted by molar-refractivity contribution is 6.05. The lowest BCUT2D eigenvalue weighted by Crippen LogP contribution is -2.38. The van der Waals surface area contributed by atoms with Gasteiger partial charge in [-0.25, -0.2) is 0 Å². The molecule has 0 saturated carbocycles. The highest BCUT2D eigenvalue weighted by Crippen LogP contribution is 2.22. The molecule has 1 aliphatic rings. The Bertz CT molecular complexity index is 706. The standard InChI is InChI=1S/C14H17N5O3/c20-14(16-8-9-2-1-5-15-7-9)13-11-6-10(19(21)22)3-4-12(11)17-18-13/h3-4,6,9,15H,1-2,5,7-8H2,(H,16,20)(H,17,18). The van der Waals surface area contributed by atoms with E-state index in [2.05, 4.69) is 20.8 Å². The summed E-state index contributed by atoms with van der Waals surface area (Å²) in [5.41, 5.74) is 0.747. The number of nitrogens with zero attached hydrogens (tertiary/aromatic N) is 2. The number of nitrogens with one attached hydrogen (secondary N) is 3. The van der Waals surface area contributed by atoms with Crippen LogP contribution in [0, 0.1) is 16.0 Å². The van der Waals surface area contributed by atoms with E-state index in [1.54, 1.807) is 6.07 Å². The maximum Gasteiger partial charge on any atom is 0.272 e. The van der Waals surface area contributed by atoms with Gasteiger partial charge in [-0.1, -0.05) is 0 Å². The van der Waals surface area contributed by atoms with E-state index in [9.17, 15) is 14.9 Å². The van der Waals surface area contributed by atoms with Gasteiger partial charge in [-0.15, -0.1) is 0 Å². The van der Waals surface area contributed by atoms with E-state index in [1.165, 1.54) is 12.1 Å². The molecule has 1 fully saturated rings. The van der Waals surface area contributed by atoms with E-state index < -0.39 is 4.92 Å². The Hall–Kier alpha value is -2.48. The quantitative estimate of drug-likeness (QED) is 0.580. The van der Waals surface area contributed by atoms with Crippen LogP contribution in [0.2, 0.25) is 0 Å². The van der Waals surface area contributed by atoms with Crippen LogP contribution in [0.1, 0.15) is 23.3 Å². The van der Waals surface area contributed by atoms with E-state index in [4.69, 9.17) is 0 Å². The molecule has 1 saturated heterocycles. The summed E-state index contributed by atoms with van der Waals surface area (Å²) in [6.45, 7) is 2.50. The Morgan fingerprint density at radius 2 is 2.36 bits per heavy atom. The molecule has 0 aliphatic carbocycles. The molecule has 116 valence electrons. The van der Waals surface area contributed by atoms with Crippen LogP contribution in [0.5, 0.6) is 0 Å². The Balaban J connectivity index is 1.75. The molecule has 1 atom stereocenters. The molecule has 0 bridgehead atoms. The number of nitro groups is 1. The third kappa shape index (κ3) is 2.91. The van der Waals surface area contributed by atoms with Gasteiger partial charge in [0.1, 0.15) is 0 Å². The van der Waals surface area contributed by atoms with Gasteiger partial charge in [0.15, 0.2) is 5.69 Å². The van der Waals surface area contributed by atoms with Crippen molar-refractivity contribution in [3.63, 3.8) is 0 Å². The molecule has 2 aromatic rings. The molecule has 1 aliphatic heterocycles. The number of piperidine rings is 1. The fourth-order valence-electron chi connectivity index (χ4n) is 2.71. The molecule has 2 heterocycles. The summed E-state index contributed by atoms with van der Waals surface area (Å²) in [6, 6.07) is 4.31. The van der Waals surface area contributed by atoms with E-state index in [-0.39, 0.29) is 17.3 Å². The van der Waals surface area contributed by atoms with Crippen LogP contribution in [-0.4, -0.2) is 40.7 Å². The van der Waals surface area contributed by atoms with Gasteiger partial charge in [-0.3, -0.25) is 20.0 Å². The van der Waals surface area contributed by atoms with E-state index in [1.807, 2.05) is 0 Å². The zero-order chi connectivity index (χ0) is 15.5. The molecule has 1 amide bonds. The number of carbonyl (C=O) groups excluding carboxylic acids is 1. The molecule has 1 unspecified atom stereocenters. The summed E-state index contributed by atoms with van der Waals surface area (Å²) < 4.78 is 0. The first-order chi connectivity index (χ1) is 10.6. The zero-order valence-corrected chi connectivity index (χ0v) is 12.0. The van der Waals surface area contributed by atoms with E-state index >= 15 is 0 Å². The van der Waals surface area contributed by atoms with Crippen molar-refractivity contribution in [2.75, 3.05) is 19.6 Å². The molecule has 22 heavy (non-hydrogen) atoms. The number of aromatic amines is 1. The molecular formula is C14H17N5O3. The molecule has 8 heteroatoms. The van der Waals surface area contributed by atoms with Crippen LogP contribution in [0.15, 0.2) is 18.2 Å². The van der Waals surface area contributed by atoms with Gasteiger partial charge >= 0.3 is 0 Å². The molecule has 0 spiro atoms. The number of hydrogen-bond acceptors (Lipinski definition) is 5. The summed E-state index contributed by atoms with van der Waals surface area (Å²) in [5, 5.41) is 24.2. The van der Waals surface area contributed by atoms with Crippen molar-refractivity contribution in [3.8, 4) is 0 Å². The summed E-state index contributed by atoms with van der Waals surface area (Å²) in [6.07, 6.45) is 2.19. The number of benzene rings is 1. The number of non-ortho nitro benzene ring substituents is 1. The number of amides is 1. The average Bonchev–Trinajstić information content (AvgIpc) is 2.96. The summed E-state index contributed by atoms with van der Waals surface area (Å²) in [7, 11) is 0. The highest BCUT2D eigenvalue weighted by atomic mass is 16.6. The second-order valence-electron chi connectivity index (χ2n) is 5.48. The van der Waals surface area contributed by atoms with Crippen LogP contribution < -0.4 is 10.6 Å². The lowest BCUT2D eigenvalue weighted by molar-refractivity contribution is -0.384. The van der Waals surface area contributed by atoms with Crippen molar-refractivity contribution in [1.82, 2.24) is 20.8 Å². The Kier molecular flexibility index (Phi) is 4.01. The van der Waals surface area contributed by atoms with Gasteiger partial charge in [0.05, 0.1) is 10.4 Å². The third-order valence-corrected chi connectivity index (χ3v) is 3.92. The first kappa shape index (κ1) is 14.5. The molecule has 8 nitrogen and oxygen atoms in total. The second-order valence-corrected chi connectivity index (χ2v) is 5.48. The van der Waals surface area contributed by atoms with Gasteiger partial charge < -0.3 is 10.6 Å². The molecule has 1 aromatic carbocycles. The number of aromatic nitrogens is 2. The van der Waals surface area contributed by atoms with E-state index in [0.29, 0.717) is 23.4 Å². The first-order valence-corrected chi connectivity index (χ1v) is 7.26. The lowest BCUT2D eigenvalue weighted by atomic mass is 10.00. The van der Waals surface area contributed by atoms with Crippen LogP contribution in [0.25, 0.3) is 10.9 Å². The van der Waals surface area contributed by atoms with Crippen molar-refractivity contribution in [2.45, 2.75) is 12.8 Å². The normalized spacial score (nSPS) is 18.3. The Morgan fingerprint density at radius 1 is 1.50 bits per heavy atom. The molecular weight excluding hydrogens is 286 g/mol. The number of H-pyrrole nitrogens is 1. The van der Waals surface area contributed by atoms with Crippen molar-refractivity contribution < 1.29 is 9.72 Å². The minimum absolute atomic E-state index is 0.0561. The van der Waals surface area contributed by atoms with Crippen LogP contribution in [-0.2, 0) is 0 Å². The average molecular weight is 303 g/mol. The Labute approximate surface area is 126 Å². The van der Waals surface area contributed by atoms with Crippen molar-refractivity contribution >= 4 is 22.5 Å². The van der Waals surface area contributed by atoms with E-state index in [0.717, 1.165) is 25.9 Å². The van der Waals surface area contributed by atoms with Gasteiger partial charge in [0.25, 0.3) is 11.6 Å². The number of nitro benzene ring substituents is 1. The van der Waals surface area contributed by atoms with Gasteiger partial charge in [0.2, 0.25) is 0 Å². The van der Waals surface area contributed by atoms with Crippen LogP contribution >= 0.6 is 0 Å². The predicted octanol–water partition coefficient (Wildman–Crippen LogP) is 1.20. The van der Waals surface area contributed by atoms with Gasteiger partial charge in [-0.2, -0.15) is 5.10 Å².